The van der Waals surface area contributed by atoms with Crippen molar-refractivity contribution in [3.05, 3.63) is 51.4 Å². The van der Waals surface area contributed by atoms with Crippen LogP contribution in [0.25, 0.3) is 0 Å². The van der Waals surface area contributed by atoms with Gasteiger partial charge in [-0.15, -0.1) is 0 Å². The third kappa shape index (κ3) is 4.47. The zero-order chi connectivity index (χ0) is 15.4. The number of carbonyl (C=O) groups is 1. The summed E-state index contributed by atoms with van der Waals surface area (Å²) >= 11 is 6.77. The van der Waals surface area contributed by atoms with E-state index in [0.717, 1.165) is 8.95 Å². The molecule has 0 saturated heterocycles. The number of rotatable bonds is 4. The highest BCUT2D eigenvalue weighted by atomic mass is 79.9. The molecule has 21 heavy (non-hydrogen) atoms. The van der Waals surface area contributed by atoms with E-state index in [1.54, 1.807) is 37.3 Å². The van der Waals surface area contributed by atoms with Gasteiger partial charge in [-0.2, -0.15) is 0 Å². The lowest BCUT2D eigenvalue weighted by Crippen LogP contribution is -2.30. The Morgan fingerprint density at radius 1 is 1.19 bits per heavy atom. The molecule has 1 amide bonds. The first-order valence-electron chi connectivity index (χ1n) is 6.24. The molecule has 2 aromatic carbocycles. The van der Waals surface area contributed by atoms with Gasteiger partial charge in [-0.05, 0) is 65.3 Å². The van der Waals surface area contributed by atoms with Gasteiger partial charge in [-0.3, -0.25) is 4.79 Å². The molecule has 0 aliphatic heterocycles. The molecule has 1 unspecified atom stereocenters. The molecule has 0 fully saturated rings. The first-order valence-corrected chi connectivity index (χ1v) is 7.82. The van der Waals surface area contributed by atoms with Crippen molar-refractivity contribution in [1.29, 1.82) is 0 Å². The maximum Gasteiger partial charge on any atom is 0.265 e. The average Bonchev–Trinajstić information content (AvgIpc) is 2.44. The van der Waals surface area contributed by atoms with Crippen LogP contribution in [0.15, 0.2) is 51.4 Å². The van der Waals surface area contributed by atoms with Crippen LogP contribution in [0.4, 0.5) is 11.4 Å². The summed E-state index contributed by atoms with van der Waals surface area (Å²) in [6.07, 6.45) is -0.625. The predicted molar refractivity (Wildman–Crippen MR) is 91.4 cm³/mol. The van der Waals surface area contributed by atoms with Gasteiger partial charge in [-0.25, -0.2) is 0 Å². The largest absolute Gasteiger partial charge is 0.480 e. The van der Waals surface area contributed by atoms with E-state index in [1.165, 1.54) is 0 Å². The maximum absolute atomic E-state index is 12.1. The standard InChI is InChI=1S/C15H14Br2N2O2/c1-9(21-14-7-2-10(16)8-13(14)17)15(20)19-12-5-3-11(18)4-6-12/h2-9H,18H2,1H3,(H,19,20). The summed E-state index contributed by atoms with van der Waals surface area (Å²) in [5.74, 6) is 0.382. The van der Waals surface area contributed by atoms with Crippen LogP contribution in [0.5, 0.6) is 5.75 Å². The van der Waals surface area contributed by atoms with Crippen LogP contribution >= 0.6 is 31.9 Å². The Morgan fingerprint density at radius 2 is 1.86 bits per heavy atom. The Hall–Kier alpha value is -1.53. The van der Waals surface area contributed by atoms with Gasteiger partial charge in [-0.1, -0.05) is 15.9 Å². The topological polar surface area (TPSA) is 64.3 Å². The molecule has 1 atom stereocenters. The lowest BCUT2D eigenvalue weighted by atomic mass is 10.2. The minimum Gasteiger partial charge on any atom is -0.480 e. The molecule has 2 aromatic rings. The number of nitrogens with two attached hydrogens (primary N) is 1. The van der Waals surface area contributed by atoms with Gasteiger partial charge < -0.3 is 15.8 Å². The molecule has 0 radical (unpaired) electrons. The van der Waals surface area contributed by atoms with Crippen LogP contribution in [0.2, 0.25) is 0 Å². The number of ether oxygens (including phenoxy) is 1. The van der Waals surface area contributed by atoms with Gasteiger partial charge in [0, 0.05) is 15.8 Å². The van der Waals surface area contributed by atoms with Gasteiger partial charge in [0.05, 0.1) is 4.47 Å². The Bertz CT molecular complexity index is 645. The van der Waals surface area contributed by atoms with Crippen LogP contribution in [0.1, 0.15) is 6.92 Å². The molecule has 0 aliphatic carbocycles. The van der Waals surface area contributed by atoms with Crippen molar-refractivity contribution in [2.75, 3.05) is 11.1 Å². The van der Waals surface area contributed by atoms with Crippen LogP contribution < -0.4 is 15.8 Å². The van der Waals surface area contributed by atoms with E-state index in [9.17, 15) is 4.79 Å². The van der Waals surface area contributed by atoms with E-state index >= 15 is 0 Å². The molecule has 0 bridgehead atoms. The summed E-state index contributed by atoms with van der Waals surface area (Å²) in [5.41, 5.74) is 6.93. The van der Waals surface area contributed by atoms with Crippen molar-refractivity contribution in [1.82, 2.24) is 0 Å². The summed E-state index contributed by atoms with van der Waals surface area (Å²) in [4.78, 5) is 12.1. The van der Waals surface area contributed by atoms with Crippen molar-refractivity contribution in [3.63, 3.8) is 0 Å². The number of hydrogen-bond donors (Lipinski definition) is 2. The number of carbonyl (C=O) groups excluding carboxylic acids is 1. The molecule has 0 aliphatic rings. The van der Waals surface area contributed by atoms with Crippen molar-refractivity contribution >= 4 is 49.1 Å². The Balaban J connectivity index is 2.00. The lowest BCUT2D eigenvalue weighted by molar-refractivity contribution is -0.122. The number of nitrogen functional groups attached to an aromatic ring is 1. The molecule has 0 aromatic heterocycles. The molecule has 0 spiro atoms. The first-order chi connectivity index (χ1) is 9.95. The highest BCUT2D eigenvalue weighted by Gasteiger charge is 2.16. The second kappa shape index (κ2) is 6.95. The van der Waals surface area contributed by atoms with E-state index in [2.05, 4.69) is 37.2 Å². The highest BCUT2D eigenvalue weighted by molar-refractivity contribution is 9.11. The number of halogens is 2. The summed E-state index contributed by atoms with van der Waals surface area (Å²) < 4.78 is 7.37. The van der Waals surface area contributed by atoms with Crippen LogP contribution in [-0.4, -0.2) is 12.0 Å². The number of amides is 1. The van der Waals surface area contributed by atoms with Crippen molar-refractivity contribution in [3.8, 4) is 5.75 Å². The molecule has 0 heterocycles. The Kier molecular flexibility index (Phi) is 5.25. The van der Waals surface area contributed by atoms with E-state index in [1.807, 2.05) is 12.1 Å². The SMILES string of the molecule is CC(Oc1ccc(Br)cc1Br)C(=O)Nc1ccc(N)cc1. The Labute approximate surface area is 139 Å². The fourth-order valence-corrected chi connectivity index (χ4v) is 2.77. The zero-order valence-corrected chi connectivity index (χ0v) is 14.4. The van der Waals surface area contributed by atoms with Crippen LogP contribution in [0.3, 0.4) is 0 Å². The molecular weight excluding hydrogens is 400 g/mol. The normalized spacial score (nSPS) is 11.8. The van der Waals surface area contributed by atoms with Crippen molar-refractivity contribution in [2.45, 2.75) is 13.0 Å². The fraction of sp³-hybridized carbons (Fsp3) is 0.133. The number of benzene rings is 2. The van der Waals surface area contributed by atoms with E-state index in [0.29, 0.717) is 17.1 Å². The van der Waals surface area contributed by atoms with Crippen molar-refractivity contribution in [2.24, 2.45) is 0 Å². The highest BCUT2D eigenvalue weighted by Crippen LogP contribution is 2.29. The third-order valence-electron chi connectivity index (χ3n) is 2.75. The Morgan fingerprint density at radius 3 is 2.48 bits per heavy atom. The number of anilines is 2. The molecule has 110 valence electrons. The van der Waals surface area contributed by atoms with E-state index < -0.39 is 6.10 Å². The second-order valence-electron chi connectivity index (χ2n) is 4.45. The summed E-state index contributed by atoms with van der Waals surface area (Å²) in [6.45, 7) is 1.70. The monoisotopic (exact) mass is 412 g/mol. The van der Waals surface area contributed by atoms with Gasteiger partial charge in [0.25, 0.3) is 5.91 Å². The summed E-state index contributed by atoms with van der Waals surface area (Å²) in [7, 11) is 0. The average molecular weight is 414 g/mol. The number of nitrogens with one attached hydrogen (secondary N) is 1. The number of hydrogen-bond acceptors (Lipinski definition) is 3. The van der Waals surface area contributed by atoms with Crippen LogP contribution in [0, 0.1) is 0 Å². The molecule has 3 N–H and O–H groups in total. The lowest BCUT2D eigenvalue weighted by Gasteiger charge is -2.16. The molecular formula is C15H14Br2N2O2. The zero-order valence-electron chi connectivity index (χ0n) is 11.3. The van der Waals surface area contributed by atoms with Gasteiger partial charge in [0.15, 0.2) is 6.10 Å². The van der Waals surface area contributed by atoms with E-state index in [-0.39, 0.29) is 5.91 Å². The maximum atomic E-state index is 12.1. The molecule has 4 nitrogen and oxygen atoms in total. The van der Waals surface area contributed by atoms with E-state index in [4.69, 9.17) is 10.5 Å². The quantitative estimate of drug-likeness (QED) is 0.738. The first kappa shape index (κ1) is 15.9. The second-order valence-corrected chi connectivity index (χ2v) is 6.22. The van der Waals surface area contributed by atoms with Crippen LogP contribution in [-0.2, 0) is 4.79 Å². The summed E-state index contributed by atoms with van der Waals surface area (Å²) in [6, 6.07) is 12.5. The minimum absolute atomic E-state index is 0.227. The molecule has 2 rings (SSSR count). The van der Waals surface area contributed by atoms with Gasteiger partial charge in [0.2, 0.25) is 0 Å². The fourth-order valence-electron chi connectivity index (χ4n) is 1.63. The predicted octanol–water partition coefficient (Wildman–Crippen LogP) is 4.20. The third-order valence-corrected chi connectivity index (χ3v) is 3.86. The smallest absolute Gasteiger partial charge is 0.265 e. The summed E-state index contributed by atoms with van der Waals surface area (Å²) in [5, 5.41) is 2.78. The molecule has 0 saturated carbocycles. The molecule has 6 heteroatoms. The van der Waals surface area contributed by atoms with Crippen molar-refractivity contribution < 1.29 is 9.53 Å². The minimum atomic E-state index is -0.625. The van der Waals surface area contributed by atoms with Gasteiger partial charge >= 0.3 is 0 Å². The van der Waals surface area contributed by atoms with Gasteiger partial charge in [0.1, 0.15) is 5.75 Å².